The predicted octanol–water partition coefficient (Wildman–Crippen LogP) is 3.43. The number of rotatable bonds is 3. The summed E-state index contributed by atoms with van der Waals surface area (Å²) in [7, 11) is 0. The van der Waals surface area contributed by atoms with E-state index in [4.69, 9.17) is 16.1 Å². The van der Waals surface area contributed by atoms with Crippen LogP contribution in [0.15, 0.2) is 35.1 Å². The molecular weight excluding hydrogens is 354 g/mol. The molecule has 0 radical (unpaired) electrons. The fourth-order valence-electron chi connectivity index (χ4n) is 3.30. The standard InChI is InChI=1S/C18H18ClN5O2/c1-11-15-16(20-10-21-18(15)26-23-11)24-8-2-3-12(9-24)17(25)22-14-6-4-13(19)5-7-14/h4-7,10,12H,2-3,8-9H2,1H3,(H,22,25)/t12-/m1/s1. The molecular formula is C18H18ClN5O2. The topological polar surface area (TPSA) is 84.2 Å². The van der Waals surface area contributed by atoms with Gasteiger partial charge in [0, 0.05) is 23.8 Å². The number of aromatic nitrogens is 3. The molecule has 3 aromatic rings. The van der Waals surface area contributed by atoms with Crippen molar-refractivity contribution in [2.75, 3.05) is 23.3 Å². The van der Waals surface area contributed by atoms with Crippen LogP contribution < -0.4 is 10.2 Å². The Bertz CT molecular complexity index is 940. The van der Waals surface area contributed by atoms with Crippen molar-refractivity contribution in [1.82, 2.24) is 15.1 Å². The van der Waals surface area contributed by atoms with Crippen molar-refractivity contribution >= 4 is 40.1 Å². The second kappa shape index (κ2) is 6.92. The Morgan fingerprint density at radius 2 is 2.12 bits per heavy atom. The molecule has 26 heavy (non-hydrogen) atoms. The number of carbonyl (C=O) groups excluding carboxylic acids is 1. The first-order chi connectivity index (χ1) is 12.6. The van der Waals surface area contributed by atoms with Gasteiger partial charge in [-0.05, 0) is 44.0 Å². The molecule has 7 nitrogen and oxygen atoms in total. The van der Waals surface area contributed by atoms with E-state index >= 15 is 0 Å². The van der Waals surface area contributed by atoms with Crippen LogP contribution in [-0.2, 0) is 4.79 Å². The second-order valence-corrected chi connectivity index (χ2v) is 6.86. The van der Waals surface area contributed by atoms with Gasteiger partial charge in [0.05, 0.1) is 11.6 Å². The highest BCUT2D eigenvalue weighted by molar-refractivity contribution is 6.30. The molecule has 1 N–H and O–H groups in total. The summed E-state index contributed by atoms with van der Waals surface area (Å²) < 4.78 is 5.23. The Morgan fingerprint density at radius 1 is 1.31 bits per heavy atom. The molecule has 1 atom stereocenters. The summed E-state index contributed by atoms with van der Waals surface area (Å²) in [6.45, 7) is 3.30. The van der Waals surface area contributed by atoms with Crippen LogP contribution in [0, 0.1) is 12.8 Å². The Kier molecular flexibility index (Phi) is 4.46. The van der Waals surface area contributed by atoms with E-state index < -0.39 is 0 Å². The molecule has 1 fully saturated rings. The molecule has 3 heterocycles. The minimum atomic E-state index is -0.121. The molecule has 8 heteroatoms. The number of nitrogens with one attached hydrogen (secondary N) is 1. The number of anilines is 2. The molecule has 0 bridgehead atoms. The number of halogens is 1. The molecule has 0 spiro atoms. The van der Waals surface area contributed by atoms with Gasteiger partial charge in [0.25, 0.3) is 5.71 Å². The van der Waals surface area contributed by atoms with Gasteiger partial charge in [-0.3, -0.25) is 4.79 Å². The van der Waals surface area contributed by atoms with E-state index in [0.717, 1.165) is 42.0 Å². The van der Waals surface area contributed by atoms with Crippen molar-refractivity contribution in [1.29, 1.82) is 0 Å². The number of amides is 1. The third-order valence-corrected chi connectivity index (χ3v) is 4.88. The molecule has 0 aliphatic carbocycles. The number of carbonyl (C=O) groups is 1. The summed E-state index contributed by atoms with van der Waals surface area (Å²) in [6.07, 6.45) is 3.22. The molecule has 134 valence electrons. The zero-order valence-corrected chi connectivity index (χ0v) is 15.0. The molecule has 1 aliphatic rings. The van der Waals surface area contributed by atoms with Crippen LogP contribution in [0.2, 0.25) is 5.02 Å². The van der Waals surface area contributed by atoms with Crippen LogP contribution in [0.3, 0.4) is 0 Å². The summed E-state index contributed by atoms with van der Waals surface area (Å²) in [5.74, 6) is 0.659. The Balaban J connectivity index is 1.52. The van der Waals surface area contributed by atoms with Crippen molar-refractivity contribution in [2.24, 2.45) is 5.92 Å². The van der Waals surface area contributed by atoms with Crippen LogP contribution in [0.1, 0.15) is 18.5 Å². The highest BCUT2D eigenvalue weighted by Crippen LogP contribution is 2.29. The van der Waals surface area contributed by atoms with E-state index in [2.05, 4.69) is 25.3 Å². The summed E-state index contributed by atoms with van der Waals surface area (Å²) >= 11 is 5.89. The minimum Gasteiger partial charge on any atom is -0.355 e. The first-order valence-corrected chi connectivity index (χ1v) is 8.88. The maximum atomic E-state index is 12.7. The van der Waals surface area contributed by atoms with E-state index in [1.54, 1.807) is 24.3 Å². The zero-order chi connectivity index (χ0) is 18.1. The largest absolute Gasteiger partial charge is 0.355 e. The predicted molar refractivity (Wildman–Crippen MR) is 99.4 cm³/mol. The highest BCUT2D eigenvalue weighted by atomic mass is 35.5. The SMILES string of the molecule is Cc1noc2ncnc(N3CCC[C@@H](C(=O)Nc4ccc(Cl)cc4)C3)c12. The minimum absolute atomic E-state index is 0.00404. The quantitative estimate of drug-likeness (QED) is 0.759. The lowest BCUT2D eigenvalue weighted by Gasteiger charge is -2.33. The third-order valence-electron chi connectivity index (χ3n) is 4.63. The van der Waals surface area contributed by atoms with Crippen molar-refractivity contribution < 1.29 is 9.32 Å². The molecule has 1 amide bonds. The van der Waals surface area contributed by atoms with Crippen molar-refractivity contribution in [3.05, 3.63) is 41.3 Å². The molecule has 1 saturated heterocycles. The summed E-state index contributed by atoms with van der Waals surface area (Å²) in [5.41, 5.74) is 1.97. The van der Waals surface area contributed by atoms with E-state index in [1.807, 2.05) is 6.92 Å². The Morgan fingerprint density at radius 3 is 2.92 bits per heavy atom. The Labute approximate surface area is 155 Å². The summed E-state index contributed by atoms with van der Waals surface area (Å²) in [5, 5.41) is 8.39. The normalized spacial score (nSPS) is 17.5. The third kappa shape index (κ3) is 3.22. The average Bonchev–Trinajstić information content (AvgIpc) is 3.05. The van der Waals surface area contributed by atoms with Gasteiger partial charge in [-0.1, -0.05) is 16.8 Å². The highest BCUT2D eigenvalue weighted by Gasteiger charge is 2.28. The van der Waals surface area contributed by atoms with Crippen LogP contribution in [-0.4, -0.2) is 34.1 Å². The first kappa shape index (κ1) is 16.8. The molecule has 2 aromatic heterocycles. The lowest BCUT2D eigenvalue weighted by molar-refractivity contribution is -0.120. The maximum Gasteiger partial charge on any atom is 0.263 e. The second-order valence-electron chi connectivity index (χ2n) is 6.43. The smallest absolute Gasteiger partial charge is 0.263 e. The zero-order valence-electron chi connectivity index (χ0n) is 14.3. The lowest BCUT2D eigenvalue weighted by Crippen LogP contribution is -2.41. The van der Waals surface area contributed by atoms with Crippen LogP contribution in [0.4, 0.5) is 11.5 Å². The van der Waals surface area contributed by atoms with Gasteiger partial charge in [0.2, 0.25) is 5.91 Å². The number of hydrogen-bond donors (Lipinski definition) is 1. The van der Waals surface area contributed by atoms with Gasteiger partial charge in [-0.15, -0.1) is 0 Å². The van der Waals surface area contributed by atoms with E-state index in [-0.39, 0.29) is 11.8 Å². The van der Waals surface area contributed by atoms with Crippen LogP contribution in [0.5, 0.6) is 0 Å². The van der Waals surface area contributed by atoms with Gasteiger partial charge >= 0.3 is 0 Å². The number of hydrogen-bond acceptors (Lipinski definition) is 6. The van der Waals surface area contributed by atoms with Gasteiger partial charge in [-0.2, -0.15) is 4.98 Å². The number of fused-ring (bicyclic) bond motifs is 1. The van der Waals surface area contributed by atoms with Crippen LogP contribution >= 0.6 is 11.6 Å². The fraction of sp³-hybridized carbons (Fsp3) is 0.333. The number of piperidine rings is 1. The lowest BCUT2D eigenvalue weighted by atomic mass is 9.96. The van der Waals surface area contributed by atoms with Crippen molar-refractivity contribution in [3.63, 3.8) is 0 Å². The van der Waals surface area contributed by atoms with Gasteiger partial charge in [-0.25, -0.2) is 4.98 Å². The van der Waals surface area contributed by atoms with Crippen molar-refractivity contribution in [2.45, 2.75) is 19.8 Å². The molecule has 4 rings (SSSR count). The van der Waals surface area contributed by atoms with E-state index in [9.17, 15) is 4.79 Å². The fourth-order valence-corrected chi connectivity index (χ4v) is 3.43. The first-order valence-electron chi connectivity index (χ1n) is 8.50. The molecule has 0 unspecified atom stereocenters. The van der Waals surface area contributed by atoms with Gasteiger partial charge < -0.3 is 14.7 Å². The monoisotopic (exact) mass is 371 g/mol. The summed E-state index contributed by atoms with van der Waals surface area (Å²) in [4.78, 5) is 23.3. The number of nitrogens with zero attached hydrogens (tertiary/aromatic N) is 4. The van der Waals surface area contributed by atoms with Crippen LogP contribution in [0.25, 0.3) is 11.1 Å². The Hall–Kier alpha value is -2.67. The molecule has 0 saturated carbocycles. The summed E-state index contributed by atoms with van der Waals surface area (Å²) in [6, 6.07) is 7.12. The molecule has 1 aromatic carbocycles. The van der Waals surface area contributed by atoms with Gasteiger partial charge in [0.15, 0.2) is 0 Å². The van der Waals surface area contributed by atoms with Crippen molar-refractivity contribution in [3.8, 4) is 0 Å². The number of aryl methyl sites for hydroxylation is 1. The van der Waals surface area contributed by atoms with E-state index in [1.165, 1.54) is 6.33 Å². The molecule has 1 aliphatic heterocycles. The van der Waals surface area contributed by atoms with E-state index in [0.29, 0.717) is 17.3 Å². The average molecular weight is 372 g/mol. The number of benzene rings is 1. The van der Waals surface area contributed by atoms with Gasteiger partial charge in [0.1, 0.15) is 17.5 Å². The maximum absolute atomic E-state index is 12.7.